The summed E-state index contributed by atoms with van der Waals surface area (Å²) in [5.74, 6) is 1.78. The first-order valence-electron chi connectivity index (χ1n) is 7.26. The SMILES string of the molecule is BN(c1ccc2ccccc2n1)c1ccc2ccccc2n1. The third-order valence-corrected chi connectivity index (χ3v) is 3.85. The maximum atomic E-state index is 4.72. The topological polar surface area (TPSA) is 29.0 Å². The molecule has 0 saturated carbocycles. The highest BCUT2D eigenvalue weighted by atomic mass is 15.2. The van der Waals surface area contributed by atoms with Gasteiger partial charge in [-0.1, -0.05) is 36.4 Å². The molecule has 0 N–H and O–H groups in total. The molecule has 0 aliphatic heterocycles. The van der Waals surface area contributed by atoms with E-state index in [2.05, 4.69) is 24.3 Å². The van der Waals surface area contributed by atoms with Gasteiger partial charge >= 0.3 is 0 Å². The van der Waals surface area contributed by atoms with Crippen LogP contribution in [0.25, 0.3) is 21.8 Å². The first kappa shape index (κ1) is 12.8. The molecule has 4 aromatic rings. The smallest absolute Gasteiger partial charge is 0.227 e. The molecule has 0 aliphatic rings. The third-order valence-electron chi connectivity index (χ3n) is 3.85. The Labute approximate surface area is 129 Å². The van der Waals surface area contributed by atoms with Gasteiger partial charge in [0.15, 0.2) is 0 Å². The summed E-state index contributed by atoms with van der Waals surface area (Å²) in [6.45, 7) is 0. The number of nitrogens with zero attached hydrogens (tertiary/aromatic N) is 3. The average Bonchev–Trinajstić information content (AvgIpc) is 2.60. The molecule has 0 fully saturated rings. The Kier molecular flexibility index (Phi) is 3.00. The average molecular weight is 283 g/mol. The van der Waals surface area contributed by atoms with Crippen LogP contribution < -0.4 is 4.81 Å². The molecule has 0 unspecified atom stereocenters. The molecule has 0 saturated heterocycles. The summed E-state index contributed by atoms with van der Waals surface area (Å²) in [7, 11) is 1.99. The zero-order valence-corrected chi connectivity index (χ0v) is 12.3. The predicted octanol–water partition coefficient (Wildman–Crippen LogP) is 3.47. The van der Waals surface area contributed by atoms with E-state index in [0.29, 0.717) is 0 Å². The van der Waals surface area contributed by atoms with E-state index in [-0.39, 0.29) is 0 Å². The quantitative estimate of drug-likeness (QED) is 0.527. The van der Waals surface area contributed by atoms with Crippen molar-refractivity contribution >= 4 is 41.4 Å². The monoisotopic (exact) mass is 283 g/mol. The van der Waals surface area contributed by atoms with Gasteiger partial charge in [-0.15, -0.1) is 0 Å². The summed E-state index contributed by atoms with van der Waals surface area (Å²) >= 11 is 0. The lowest BCUT2D eigenvalue weighted by molar-refractivity contribution is 1.23. The molecule has 2 heterocycles. The second-order valence-corrected chi connectivity index (χ2v) is 5.28. The maximum Gasteiger partial charge on any atom is 0.227 e. The Morgan fingerprint density at radius 3 is 1.55 bits per heavy atom. The maximum absolute atomic E-state index is 4.72. The van der Waals surface area contributed by atoms with Crippen LogP contribution in [0, 0.1) is 0 Å². The van der Waals surface area contributed by atoms with Crippen LogP contribution in [0.15, 0.2) is 72.8 Å². The summed E-state index contributed by atoms with van der Waals surface area (Å²) in [4.78, 5) is 11.4. The summed E-state index contributed by atoms with van der Waals surface area (Å²) in [5, 5.41) is 2.29. The summed E-state index contributed by atoms with van der Waals surface area (Å²) < 4.78 is 0. The van der Waals surface area contributed by atoms with Crippen molar-refractivity contribution < 1.29 is 0 Å². The molecule has 0 bridgehead atoms. The Hall–Kier alpha value is -2.88. The minimum absolute atomic E-state index is 0.890. The fourth-order valence-electron chi connectivity index (χ4n) is 2.60. The summed E-state index contributed by atoms with van der Waals surface area (Å²) in [5.41, 5.74) is 1.99. The number of anilines is 2. The van der Waals surface area contributed by atoms with E-state index >= 15 is 0 Å². The fraction of sp³-hybridized carbons (Fsp3) is 0. The normalized spacial score (nSPS) is 10.9. The van der Waals surface area contributed by atoms with Crippen molar-refractivity contribution in [2.24, 2.45) is 0 Å². The predicted molar refractivity (Wildman–Crippen MR) is 94.2 cm³/mol. The van der Waals surface area contributed by atoms with Crippen LogP contribution in [0.5, 0.6) is 0 Å². The van der Waals surface area contributed by atoms with Gasteiger partial charge in [-0.05, 0) is 36.4 Å². The number of hydrogen-bond donors (Lipinski definition) is 0. The highest BCUT2D eigenvalue weighted by Crippen LogP contribution is 2.24. The van der Waals surface area contributed by atoms with Crippen molar-refractivity contribution in [3.8, 4) is 0 Å². The van der Waals surface area contributed by atoms with Crippen molar-refractivity contribution in [3.05, 3.63) is 72.8 Å². The molecule has 0 aliphatic carbocycles. The van der Waals surface area contributed by atoms with Crippen LogP contribution in [-0.2, 0) is 0 Å². The van der Waals surface area contributed by atoms with Gasteiger partial charge in [0.2, 0.25) is 7.98 Å². The van der Waals surface area contributed by atoms with Crippen molar-refractivity contribution in [1.29, 1.82) is 0 Å². The third kappa shape index (κ3) is 2.19. The lowest BCUT2D eigenvalue weighted by Gasteiger charge is -2.18. The standard InChI is InChI=1S/C18H14BN3/c19-22(17-11-9-13-5-1-3-7-15(13)20-17)18-12-10-14-6-2-4-8-16(14)21-18/h1-12H,19H2. The van der Waals surface area contributed by atoms with Crippen LogP contribution >= 0.6 is 0 Å². The Bertz CT molecular complexity index is 889. The van der Waals surface area contributed by atoms with E-state index in [1.54, 1.807) is 0 Å². The zero-order valence-electron chi connectivity index (χ0n) is 12.3. The van der Waals surface area contributed by atoms with Crippen molar-refractivity contribution in [2.45, 2.75) is 0 Å². The Morgan fingerprint density at radius 2 is 1.05 bits per heavy atom. The second kappa shape index (κ2) is 5.15. The van der Waals surface area contributed by atoms with Gasteiger partial charge in [0, 0.05) is 10.8 Å². The molecule has 0 amide bonds. The van der Waals surface area contributed by atoms with Crippen LogP contribution in [0.3, 0.4) is 0 Å². The number of fused-ring (bicyclic) bond motifs is 2. The summed E-state index contributed by atoms with van der Waals surface area (Å²) in [6, 6.07) is 24.5. The van der Waals surface area contributed by atoms with Gasteiger partial charge in [0.25, 0.3) is 0 Å². The van der Waals surface area contributed by atoms with Crippen molar-refractivity contribution in [1.82, 2.24) is 9.97 Å². The minimum Gasteiger partial charge on any atom is -0.364 e. The van der Waals surface area contributed by atoms with E-state index in [1.807, 2.05) is 61.3 Å². The van der Waals surface area contributed by atoms with Gasteiger partial charge < -0.3 is 4.81 Å². The first-order valence-corrected chi connectivity index (χ1v) is 7.26. The fourth-order valence-corrected chi connectivity index (χ4v) is 2.60. The molecule has 104 valence electrons. The lowest BCUT2D eigenvalue weighted by Crippen LogP contribution is -2.14. The molecular weight excluding hydrogens is 269 g/mol. The number of aromatic nitrogens is 2. The van der Waals surface area contributed by atoms with Crippen LogP contribution in [0.4, 0.5) is 11.6 Å². The largest absolute Gasteiger partial charge is 0.364 e. The molecule has 3 nitrogen and oxygen atoms in total. The van der Waals surface area contributed by atoms with E-state index in [0.717, 1.165) is 33.4 Å². The molecule has 4 rings (SSSR count). The molecule has 0 radical (unpaired) electrons. The van der Waals surface area contributed by atoms with E-state index in [9.17, 15) is 0 Å². The first-order chi connectivity index (χ1) is 10.8. The highest BCUT2D eigenvalue weighted by Gasteiger charge is 2.08. The number of benzene rings is 2. The molecule has 22 heavy (non-hydrogen) atoms. The molecule has 2 aromatic carbocycles. The Morgan fingerprint density at radius 1 is 0.591 bits per heavy atom. The number of hydrogen-bond acceptors (Lipinski definition) is 3. The number of pyridine rings is 2. The molecule has 2 aromatic heterocycles. The van der Waals surface area contributed by atoms with Crippen molar-refractivity contribution in [2.75, 3.05) is 4.81 Å². The Balaban J connectivity index is 1.78. The van der Waals surface area contributed by atoms with Gasteiger partial charge in [-0.25, -0.2) is 9.97 Å². The van der Waals surface area contributed by atoms with E-state index in [1.165, 1.54) is 0 Å². The summed E-state index contributed by atoms with van der Waals surface area (Å²) in [6.07, 6.45) is 0. The van der Waals surface area contributed by atoms with Crippen LogP contribution in [0.1, 0.15) is 0 Å². The van der Waals surface area contributed by atoms with E-state index in [4.69, 9.17) is 9.97 Å². The van der Waals surface area contributed by atoms with Gasteiger partial charge in [0.05, 0.1) is 11.0 Å². The van der Waals surface area contributed by atoms with Crippen molar-refractivity contribution in [3.63, 3.8) is 0 Å². The van der Waals surface area contributed by atoms with Gasteiger partial charge in [-0.3, -0.25) is 0 Å². The lowest BCUT2D eigenvalue weighted by atomic mass is 10.2. The highest BCUT2D eigenvalue weighted by molar-refractivity contribution is 6.21. The van der Waals surface area contributed by atoms with E-state index < -0.39 is 0 Å². The van der Waals surface area contributed by atoms with Crippen LogP contribution in [0.2, 0.25) is 0 Å². The number of rotatable bonds is 2. The second-order valence-electron chi connectivity index (χ2n) is 5.28. The molecule has 4 heteroatoms. The van der Waals surface area contributed by atoms with Gasteiger partial charge in [-0.2, -0.15) is 0 Å². The number of para-hydroxylation sites is 2. The van der Waals surface area contributed by atoms with Gasteiger partial charge in [0.1, 0.15) is 11.6 Å². The minimum atomic E-state index is 0.890. The molecule has 0 spiro atoms. The van der Waals surface area contributed by atoms with Crippen LogP contribution in [-0.4, -0.2) is 17.9 Å². The molecular formula is C18H14BN3. The molecule has 0 atom stereocenters. The zero-order chi connectivity index (χ0) is 14.9.